The van der Waals surface area contributed by atoms with Crippen molar-refractivity contribution in [3.05, 3.63) is 113 Å². The highest BCUT2D eigenvalue weighted by Gasteiger charge is 2.15. The molecule has 0 bridgehead atoms. The number of phenolic OH excluding ortho intramolecular Hbond substituents is 1. The lowest BCUT2D eigenvalue weighted by Gasteiger charge is -2.12. The van der Waals surface area contributed by atoms with E-state index in [1.165, 1.54) is 6.07 Å². The summed E-state index contributed by atoms with van der Waals surface area (Å²) >= 11 is 12.4. The summed E-state index contributed by atoms with van der Waals surface area (Å²) in [7, 11) is 0. The Morgan fingerprint density at radius 3 is 2.17 bits per heavy atom. The van der Waals surface area contributed by atoms with Gasteiger partial charge in [0.05, 0.1) is 6.20 Å². The molecule has 0 saturated carbocycles. The molecule has 0 aliphatic carbocycles. The van der Waals surface area contributed by atoms with Gasteiger partial charge < -0.3 is 14.6 Å². The Labute approximate surface area is 212 Å². The third-order valence-corrected chi connectivity index (χ3v) is 6.19. The van der Waals surface area contributed by atoms with Crippen LogP contribution >= 0.6 is 23.2 Å². The summed E-state index contributed by atoms with van der Waals surface area (Å²) < 4.78 is 11.8. The molecule has 0 amide bonds. The minimum absolute atomic E-state index is 0.0151. The molecule has 5 aromatic rings. The third kappa shape index (κ3) is 5.11. The Kier molecular flexibility index (Phi) is 6.62. The third-order valence-electron chi connectivity index (χ3n) is 5.48. The number of nitrogens with zero attached hydrogens (tertiary/aromatic N) is 1. The molecule has 4 aromatic carbocycles. The van der Waals surface area contributed by atoms with Crippen LogP contribution in [-0.4, -0.2) is 15.3 Å². The van der Waals surface area contributed by atoms with Crippen LogP contribution in [0.5, 0.6) is 23.0 Å². The zero-order valence-corrected chi connectivity index (χ0v) is 19.9. The fourth-order valence-corrected chi connectivity index (χ4v) is 4.16. The molecule has 7 heteroatoms. The zero-order chi connectivity index (χ0) is 24.2. The average molecular weight is 503 g/mol. The van der Waals surface area contributed by atoms with Gasteiger partial charge in [0.1, 0.15) is 29.5 Å². The molecule has 1 aromatic heterocycles. The highest BCUT2D eigenvalue weighted by molar-refractivity contribution is 6.35. The topological polar surface area (TPSA) is 67.4 Å². The number of H-pyrrole nitrogens is 1. The fraction of sp³-hybridized carbons (Fsp3) is 0.0357. The van der Waals surface area contributed by atoms with E-state index < -0.39 is 0 Å². The van der Waals surface area contributed by atoms with Crippen molar-refractivity contribution in [2.24, 2.45) is 0 Å². The van der Waals surface area contributed by atoms with Crippen LogP contribution in [0.3, 0.4) is 0 Å². The van der Waals surface area contributed by atoms with Gasteiger partial charge in [0, 0.05) is 27.2 Å². The van der Waals surface area contributed by atoms with E-state index in [0.29, 0.717) is 44.1 Å². The number of benzene rings is 4. The summed E-state index contributed by atoms with van der Waals surface area (Å²) in [6, 6.07) is 28.2. The van der Waals surface area contributed by atoms with E-state index in [-0.39, 0.29) is 12.4 Å². The molecule has 5 rings (SSSR count). The van der Waals surface area contributed by atoms with Crippen molar-refractivity contribution in [3.63, 3.8) is 0 Å². The summed E-state index contributed by atoms with van der Waals surface area (Å²) in [5, 5.41) is 18.7. The lowest BCUT2D eigenvalue weighted by Crippen LogP contribution is -1.97. The molecule has 0 fully saturated rings. The molecule has 0 unspecified atom stereocenters. The number of nitrogens with one attached hydrogen (secondary N) is 1. The molecule has 35 heavy (non-hydrogen) atoms. The first kappa shape index (κ1) is 22.8. The van der Waals surface area contributed by atoms with Crippen LogP contribution in [0, 0.1) is 0 Å². The minimum atomic E-state index is 0.0151. The Morgan fingerprint density at radius 1 is 0.771 bits per heavy atom. The van der Waals surface area contributed by atoms with Crippen LogP contribution in [0.2, 0.25) is 10.0 Å². The molecular weight excluding hydrogens is 483 g/mol. The van der Waals surface area contributed by atoms with E-state index >= 15 is 0 Å². The van der Waals surface area contributed by atoms with Crippen molar-refractivity contribution in [1.82, 2.24) is 10.2 Å². The molecule has 5 nitrogen and oxygen atoms in total. The number of aromatic amines is 1. The van der Waals surface area contributed by atoms with Crippen molar-refractivity contribution in [1.29, 1.82) is 0 Å². The Hall–Kier alpha value is -3.93. The fourth-order valence-electron chi connectivity index (χ4n) is 3.66. The van der Waals surface area contributed by atoms with Crippen molar-refractivity contribution >= 4 is 23.2 Å². The van der Waals surface area contributed by atoms with Gasteiger partial charge in [-0.3, -0.25) is 5.10 Å². The number of rotatable bonds is 7. The van der Waals surface area contributed by atoms with Crippen LogP contribution in [0.15, 0.2) is 97.2 Å². The van der Waals surface area contributed by atoms with Crippen LogP contribution < -0.4 is 9.47 Å². The number of aromatic hydroxyl groups is 1. The van der Waals surface area contributed by atoms with Crippen LogP contribution in [0.1, 0.15) is 5.56 Å². The van der Waals surface area contributed by atoms with Gasteiger partial charge in [-0.25, -0.2) is 0 Å². The van der Waals surface area contributed by atoms with Crippen molar-refractivity contribution in [2.75, 3.05) is 0 Å². The van der Waals surface area contributed by atoms with Gasteiger partial charge in [-0.05, 0) is 47.5 Å². The number of phenols is 1. The molecule has 0 atom stereocenters. The molecule has 1 heterocycles. The molecular formula is C28H20Cl2N2O3. The van der Waals surface area contributed by atoms with Crippen LogP contribution in [0.4, 0.5) is 0 Å². The van der Waals surface area contributed by atoms with Gasteiger partial charge in [-0.1, -0.05) is 71.7 Å². The lowest BCUT2D eigenvalue weighted by atomic mass is 10.1. The second kappa shape index (κ2) is 10.1. The predicted octanol–water partition coefficient (Wildman–Crippen LogP) is 8.13. The monoisotopic (exact) mass is 502 g/mol. The number of aromatic nitrogens is 2. The highest BCUT2D eigenvalue weighted by Crippen LogP contribution is 2.38. The average Bonchev–Trinajstić information content (AvgIpc) is 3.32. The molecule has 0 aliphatic rings. The van der Waals surface area contributed by atoms with E-state index in [1.807, 2.05) is 42.5 Å². The van der Waals surface area contributed by atoms with E-state index in [9.17, 15) is 5.11 Å². The quantitative estimate of drug-likeness (QED) is 0.235. The smallest absolute Gasteiger partial charge is 0.173 e. The Balaban J connectivity index is 1.31. The first-order valence-electron chi connectivity index (χ1n) is 10.8. The number of halogens is 2. The number of hydrogen-bond donors (Lipinski definition) is 2. The van der Waals surface area contributed by atoms with Crippen molar-refractivity contribution in [2.45, 2.75) is 6.61 Å². The largest absolute Gasteiger partial charge is 0.507 e. The van der Waals surface area contributed by atoms with Crippen LogP contribution in [-0.2, 0) is 6.61 Å². The number of hydrogen-bond acceptors (Lipinski definition) is 4. The standard InChI is InChI=1S/C28H20Cl2N2O3/c29-24-7-4-8-25(30)23(24)17-34-21-13-14-22(26(33)15-21)28-27(16-31-32-28)35-20-11-9-19(10-12-20)18-5-2-1-3-6-18/h1-16,33H,17H2,(H,31,32). The van der Waals surface area contributed by atoms with Gasteiger partial charge in [0.2, 0.25) is 0 Å². The van der Waals surface area contributed by atoms with E-state index in [4.69, 9.17) is 32.7 Å². The molecule has 0 radical (unpaired) electrons. The maximum absolute atomic E-state index is 10.7. The zero-order valence-electron chi connectivity index (χ0n) is 18.4. The Bertz CT molecular complexity index is 1430. The van der Waals surface area contributed by atoms with Crippen LogP contribution in [0.25, 0.3) is 22.4 Å². The van der Waals surface area contributed by atoms with Gasteiger partial charge >= 0.3 is 0 Å². The second-order valence-corrected chi connectivity index (χ2v) is 8.58. The number of ether oxygens (including phenoxy) is 2. The van der Waals surface area contributed by atoms with Gasteiger partial charge in [-0.15, -0.1) is 0 Å². The maximum Gasteiger partial charge on any atom is 0.173 e. The lowest BCUT2D eigenvalue weighted by molar-refractivity contribution is 0.304. The summed E-state index contributed by atoms with van der Waals surface area (Å²) in [4.78, 5) is 0. The molecule has 0 saturated heterocycles. The molecule has 0 aliphatic heterocycles. The van der Waals surface area contributed by atoms with Crippen molar-refractivity contribution in [3.8, 4) is 45.4 Å². The molecule has 174 valence electrons. The summed E-state index contributed by atoms with van der Waals surface area (Å²) in [6.07, 6.45) is 1.57. The van der Waals surface area contributed by atoms with Gasteiger partial charge in [0.15, 0.2) is 5.75 Å². The first-order chi connectivity index (χ1) is 17.1. The van der Waals surface area contributed by atoms with E-state index in [2.05, 4.69) is 22.3 Å². The van der Waals surface area contributed by atoms with E-state index in [1.54, 1.807) is 36.5 Å². The van der Waals surface area contributed by atoms with Gasteiger partial charge in [0.25, 0.3) is 0 Å². The van der Waals surface area contributed by atoms with E-state index in [0.717, 1.165) is 11.1 Å². The molecule has 2 N–H and O–H groups in total. The van der Waals surface area contributed by atoms with Crippen molar-refractivity contribution < 1.29 is 14.6 Å². The molecule has 0 spiro atoms. The second-order valence-electron chi connectivity index (χ2n) is 7.77. The van der Waals surface area contributed by atoms with Gasteiger partial charge in [-0.2, -0.15) is 5.10 Å². The normalized spacial score (nSPS) is 10.8. The minimum Gasteiger partial charge on any atom is -0.507 e. The Morgan fingerprint density at radius 2 is 1.46 bits per heavy atom. The highest BCUT2D eigenvalue weighted by atomic mass is 35.5. The first-order valence-corrected chi connectivity index (χ1v) is 11.6. The summed E-state index contributed by atoms with van der Waals surface area (Å²) in [5.74, 6) is 1.63. The maximum atomic E-state index is 10.7. The SMILES string of the molecule is Oc1cc(OCc2c(Cl)cccc2Cl)ccc1-c1[nH]ncc1Oc1ccc(-c2ccccc2)cc1. The summed E-state index contributed by atoms with van der Waals surface area (Å²) in [5.41, 5.74) is 3.99. The predicted molar refractivity (Wildman–Crippen MR) is 138 cm³/mol. The summed E-state index contributed by atoms with van der Waals surface area (Å²) in [6.45, 7) is 0.175.